The van der Waals surface area contributed by atoms with Crippen LogP contribution in [0.3, 0.4) is 0 Å². The summed E-state index contributed by atoms with van der Waals surface area (Å²) in [6.45, 7) is 10.1. The number of anilines is 1. The molecule has 2 rings (SSSR count). The van der Waals surface area contributed by atoms with Gasteiger partial charge in [-0.15, -0.1) is 11.3 Å². The molecule has 0 fully saturated rings. The van der Waals surface area contributed by atoms with E-state index in [-0.39, 0.29) is 23.6 Å². The maximum atomic E-state index is 12.7. The Balaban J connectivity index is 2.21. The zero-order valence-electron chi connectivity index (χ0n) is 17.3. The molecule has 0 saturated carbocycles. The zero-order valence-corrected chi connectivity index (χ0v) is 19.0. The Morgan fingerprint density at radius 2 is 1.93 bits per heavy atom. The van der Waals surface area contributed by atoms with Crippen LogP contribution in [0.1, 0.15) is 49.4 Å². The molecule has 0 unspecified atom stereocenters. The van der Waals surface area contributed by atoms with Gasteiger partial charge in [0.2, 0.25) is 15.9 Å². The summed E-state index contributed by atoms with van der Waals surface area (Å²) in [5.74, 6) is -0.951. The van der Waals surface area contributed by atoms with E-state index >= 15 is 0 Å². The highest BCUT2D eigenvalue weighted by atomic mass is 32.2. The Morgan fingerprint density at radius 1 is 1.28 bits per heavy atom. The predicted molar refractivity (Wildman–Crippen MR) is 111 cm³/mol. The Morgan fingerprint density at radius 3 is 2.52 bits per heavy atom. The maximum Gasteiger partial charge on any atom is 0.341 e. The predicted octanol–water partition coefficient (Wildman–Crippen LogP) is 2.45. The summed E-state index contributed by atoms with van der Waals surface area (Å²) in [4.78, 5) is 24.5. The molecule has 1 amide bonds. The molecule has 0 aliphatic carbocycles. The highest BCUT2D eigenvalue weighted by Crippen LogP contribution is 2.25. The molecule has 11 heteroatoms. The van der Waals surface area contributed by atoms with Gasteiger partial charge in [0.25, 0.3) is 0 Å². The van der Waals surface area contributed by atoms with Crippen molar-refractivity contribution in [1.82, 2.24) is 14.5 Å². The van der Waals surface area contributed by atoms with Crippen LogP contribution in [0.25, 0.3) is 0 Å². The largest absolute Gasteiger partial charge is 0.462 e. The number of thiophene rings is 1. The van der Waals surface area contributed by atoms with Crippen molar-refractivity contribution in [2.45, 2.75) is 58.5 Å². The van der Waals surface area contributed by atoms with Gasteiger partial charge in [-0.2, -0.15) is 5.10 Å². The van der Waals surface area contributed by atoms with Gasteiger partial charge in [0.15, 0.2) is 0 Å². The molecule has 0 spiro atoms. The van der Waals surface area contributed by atoms with E-state index in [2.05, 4.69) is 15.1 Å². The van der Waals surface area contributed by atoms with Crippen LogP contribution in [0.15, 0.2) is 16.3 Å². The minimum atomic E-state index is -3.79. The van der Waals surface area contributed by atoms with Crippen LogP contribution >= 0.6 is 11.3 Å². The minimum Gasteiger partial charge on any atom is -0.462 e. The number of carbonyl (C=O) groups excluding carboxylic acids is 2. The molecular weight excluding hydrogens is 416 g/mol. The van der Waals surface area contributed by atoms with Crippen LogP contribution in [0.2, 0.25) is 0 Å². The van der Waals surface area contributed by atoms with Gasteiger partial charge in [-0.05, 0) is 53.0 Å². The zero-order chi connectivity index (χ0) is 22.0. The number of sulfonamides is 1. The lowest BCUT2D eigenvalue weighted by Crippen LogP contribution is -2.40. The maximum absolute atomic E-state index is 12.7. The average molecular weight is 443 g/mol. The molecule has 0 aromatic carbocycles. The third-order valence-electron chi connectivity index (χ3n) is 3.73. The quantitative estimate of drug-likeness (QED) is 0.636. The first-order chi connectivity index (χ1) is 13.4. The fourth-order valence-electron chi connectivity index (χ4n) is 2.76. The van der Waals surface area contributed by atoms with Crippen LogP contribution in [0.5, 0.6) is 0 Å². The molecule has 9 nitrogen and oxygen atoms in total. The van der Waals surface area contributed by atoms with Gasteiger partial charge in [-0.1, -0.05) is 0 Å². The topological polar surface area (TPSA) is 119 Å². The summed E-state index contributed by atoms with van der Waals surface area (Å²) in [6, 6.07) is 1.57. The van der Waals surface area contributed by atoms with Crippen molar-refractivity contribution in [2.75, 3.05) is 11.9 Å². The standard InChI is InChI=1S/C18H26N4O5S2/c1-7-27-17(24)13-8-9-28-16(13)19-14(23)10-22-12(3)15(11(2)20-22)29(25,26)21-18(4,5)6/h8-9,21H,7,10H2,1-6H3,(H,19,23). The molecule has 0 saturated heterocycles. The molecule has 2 heterocycles. The van der Waals surface area contributed by atoms with Gasteiger partial charge in [-0.3, -0.25) is 9.48 Å². The van der Waals surface area contributed by atoms with Gasteiger partial charge in [-0.25, -0.2) is 17.9 Å². The molecule has 0 aliphatic rings. The number of amides is 1. The molecule has 2 N–H and O–H groups in total. The van der Waals surface area contributed by atoms with Crippen LogP contribution < -0.4 is 10.0 Å². The monoisotopic (exact) mass is 442 g/mol. The Hall–Kier alpha value is -2.24. The SMILES string of the molecule is CCOC(=O)c1ccsc1NC(=O)Cn1nc(C)c(S(=O)(=O)NC(C)(C)C)c1C. The molecule has 29 heavy (non-hydrogen) atoms. The summed E-state index contributed by atoms with van der Waals surface area (Å²) in [5.41, 5.74) is 0.276. The molecular formula is C18H26N4O5S2. The summed E-state index contributed by atoms with van der Waals surface area (Å²) >= 11 is 1.20. The molecule has 160 valence electrons. The summed E-state index contributed by atoms with van der Waals surface area (Å²) in [7, 11) is -3.79. The summed E-state index contributed by atoms with van der Waals surface area (Å²) in [5, 5.41) is 8.92. The van der Waals surface area contributed by atoms with Gasteiger partial charge in [0.1, 0.15) is 16.4 Å². The van der Waals surface area contributed by atoms with E-state index in [4.69, 9.17) is 4.74 Å². The van der Waals surface area contributed by atoms with Crippen molar-refractivity contribution in [3.63, 3.8) is 0 Å². The number of nitrogens with zero attached hydrogens (tertiary/aromatic N) is 2. The van der Waals surface area contributed by atoms with Crippen LogP contribution in [0, 0.1) is 13.8 Å². The smallest absolute Gasteiger partial charge is 0.341 e. The number of esters is 1. The second kappa shape index (κ2) is 8.64. The Bertz CT molecular complexity index is 1020. The fraction of sp³-hybridized carbons (Fsp3) is 0.500. The first-order valence-electron chi connectivity index (χ1n) is 8.98. The minimum absolute atomic E-state index is 0.0589. The number of rotatable bonds is 7. The number of carbonyl (C=O) groups is 2. The number of aryl methyl sites for hydroxylation is 1. The van der Waals surface area contributed by atoms with Crippen molar-refractivity contribution < 1.29 is 22.7 Å². The summed E-state index contributed by atoms with van der Waals surface area (Å²) in [6.07, 6.45) is 0. The van der Waals surface area contributed by atoms with E-state index in [1.807, 2.05) is 0 Å². The van der Waals surface area contributed by atoms with Crippen LogP contribution in [-0.4, -0.2) is 42.2 Å². The van der Waals surface area contributed by atoms with E-state index < -0.39 is 27.4 Å². The number of nitrogens with one attached hydrogen (secondary N) is 2. The van der Waals surface area contributed by atoms with Crippen molar-refractivity contribution in [1.29, 1.82) is 0 Å². The molecule has 0 radical (unpaired) electrons. The number of aromatic nitrogens is 2. The van der Waals surface area contributed by atoms with Crippen LogP contribution in [0.4, 0.5) is 5.00 Å². The van der Waals surface area contributed by atoms with Crippen molar-refractivity contribution in [2.24, 2.45) is 0 Å². The molecule has 2 aromatic heterocycles. The third-order valence-corrected chi connectivity index (χ3v) is 6.57. The number of hydrogen-bond donors (Lipinski definition) is 2. The van der Waals surface area contributed by atoms with Gasteiger partial charge in [0, 0.05) is 5.54 Å². The van der Waals surface area contributed by atoms with E-state index in [1.165, 1.54) is 16.0 Å². The van der Waals surface area contributed by atoms with Crippen molar-refractivity contribution in [3.8, 4) is 0 Å². The highest BCUT2D eigenvalue weighted by molar-refractivity contribution is 7.89. The number of hydrogen-bond acceptors (Lipinski definition) is 7. The Kier molecular flexibility index (Phi) is 6.86. The summed E-state index contributed by atoms with van der Waals surface area (Å²) < 4.78 is 34.3. The van der Waals surface area contributed by atoms with Crippen molar-refractivity contribution in [3.05, 3.63) is 28.4 Å². The highest BCUT2D eigenvalue weighted by Gasteiger charge is 2.29. The van der Waals surface area contributed by atoms with Crippen LogP contribution in [-0.2, 0) is 26.1 Å². The van der Waals surface area contributed by atoms with Gasteiger partial charge >= 0.3 is 5.97 Å². The van der Waals surface area contributed by atoms with Crippen molar-refractivity contribution >= 4 is 38.2 Å². The molecule has 0 bridgehead atoms. The second-order valence-corrected chi connectivity index (χ2v) is 9.98. The van der Waals surface area contributed by atoms with E-state index in [9.17, 15) is 18.0 Å². The number of ether oxygens (including phenoxy) is 1. The lowest BCUT2D eigenvalue weighted by Gasteiger charge is -2.20. The molecule has 2 aromatic rings. The molecule has 0 atom stereocenters. The average Bonchev–Trinajstić information content (AvgIpc) is 3.10. The first kappa shape index (κ1) is 23.0. The first-order valence-corrected chi connectivity index (χ1v) is 11.3. The lowest BCUT2D eigenvalue weighted by atomic mass is 10.1. The second-order valence-electron chi connectivity index (χ2n) is 7.45. The normalized spacial score (nSPS) is 12.1. The van der Waals surface area contributed by atoms with E-state index in [0.29, 0.717) is 16.4 Å². The van der Waals surface area contributed by atoms with E-state index in [1.54, 1.807) is 53.0 Å². The molecule has 0 aliphatic heterocycles. The van der Waals surface area contributed by atoms with E-state index in [0.717, 1.165) is 0 Å². The lowest BCUT2D eigenvalue weighted by molar-refractivity contribution is -0.116. The third kappa shape index (κ3) is 5.64. The van der Waals surface area contributed by atoms with Gasteiger partial charge in [0.05, 0.1) is 23.6 Å². The van der Waals surface area contributed by atoms with Gasteiger partial charge < -0.3 is 10.1 Å². The fourth-order valence-corrected chi connectivity index (χ4v) is 5.38. The Labute approximate surface area is 174 Å².